The molecule has 0 heterocycles. The van der Waals surface area contributed by atoms with Crippen LogP contribution in [-0.2, 0) is 0 Å². The number of thiocarbonyl (C=S) groups is 1. The number of nitrogens with zero attached hydrogens (tertiary/aromatic N) is 1. The van der Waals surface area contributed by atoms with E-state index < -0.39 is 0 Å². The van der Waals surface area contributed by atoms with Gasteiger partial charge in [0.25, 0.3) is 0 Å². The molecule has 0 amide bonds. The highest BCUT2D eigenvalue weighted by Gasteiger charge is 2.04. The maximum absolute atomic E-state index is 13.2. The second-order valence-electron chi connectivity index (χ2n) is 4.23. The van der Waals surface area contributed by atoms with Gasteiger partial charge >= 0.3 is 0 Å². The molecule has 0 radical (unpaired) electrons. The Kier molecular flexibility index (Phi) is 4.28. The van der Waals surface area contributed by atoms with Gasteiger partial charge in [-0.05, 0) is 55.0 Å². The first-order chi connectivity index (χ1) is 9.58. The van der Waals surface area contributed by atoms with Crippen molar-refractivity contribution in [2.75, 3.05) is 10.6 Å². The summed E-state index contributed by atoms with van der Waals surface area (Å²) in [6, 6.07) is 13.5. The number of halogens is 1. The van der Waals surface area contributed by atoms with Crippen molar-refractivity contribution >= 4 is 28.7 Å². The summed E-state index contributed by atoms with van der Waals surface area (Å²) in [4.78, 5) is 0. The fraction of sp³-hybridized carbons (Fsp3) is 0.0667. The van der Waals surface area contributed by atoms with Crippen molar-refractivity contribution in [3.63, 3.8) is 0 Å². The number of nitrogens with one attached hydrogen (secondary N) is 2. The predicted octanol–water partition coefficient (Wildman–Crippen LogP) is 3.81. The zero-order valence-corrected chi connectivity index (χ0v) is 11.6. The monoisotopic (exact) mass is 285 g/mol. The predicted molar refractivity (Wildman–Crippen MR) is 82.1 cm³/mol. The Morgan fingerprint density at radius 1 is 1.20 bits per heavy atom. The molecule has 0 fully saturated rings. The number of hydrogen-bond donors (Lipinski definition) is 2. The molecule has 0 atom stereocenters. The Hall–Kier alpha value is -2.45. The van der Waals surface area contributed by atoms with Crippen molar-refractivity contribution < 1.29 is 4.39 Å². The summed E-state index contributed by atoms with van der Waals surface area (Å²) in [5.74, 6) is -0.327. The molecule has 2 aromatic carbocycles. The molecular formula is C15H12FN3S. The van der Waals surface area contributed by atoms with E-state index >= 15 is 0 Å². The first kappa shape index (κ1) is 14.0. The Balaban J connectivity index is 2.09. The molecule has 2 aromatic rings. The quantitative estimate of drug-likeness (QED) is 0.824. The lowest BCUT2D eigenvalue weighted by Crippen LogP contribution is -2.19. The minimum Gasteiger partial charge on any atom is -0.332 e. The van der Waals surface area contributed by atoms with Gasteiger partial charge in [0.15, 0.2) is 5.11 Å². The third-order valence-electron chi connectivity index (χ3n) is 2.70. The summed E-state index contributed by atoms with van der Waals surface area (Å²) < 4.78 is 13.2. The van der Waals surface area contributed by atoms with E-state index in [4.69, 9.17) is 17.5 Å². The third-order valence-corrected chi connectivity index (χ3v) is 2.90. The van der Waals surface area contributed by atoms with Gasteiger partial charge in [0.2, 0.25) is 0 Å². The summed E-state index contributed by atoms with van der Waals surface area (Å²) in [7, 11) is 0. The van der Waals surface area contributed by atoms with Crippen molar-refractivity contribution in [3.8, 4) is 6.07 Å². The van der Waals surface area contributed by atoms with Crippen molar-refractivity contribution in [1.29, 1.82) is 5.26 Å². The van der Waals surface area contributed by atoms with Crippen molar-refractivity contribution in [2.45, 2.75) is 6.92 Å². The summed E-state index contributed by atoms with van der Waals surface area (Å²) in [6.45, 7) is 1.86. The molecule has 20 heavy (non-hydrogen) atoms. The Morgan fingerprint density at radius 3 is 2.75 bits per heavy atom. The molecule has 2 N–H and O–H groups in total. The number of hydrogen-bond acceptors (Lipinski definition) is 2. The van der Waals surface area contributed by atoms with Crippen molar-refractivity contribution in [3.05, 3.63) is 59.4 Å². The molecule has 0 spiro atoms. The van der Waals surface area contributed by atoms with Crippen LogP contribution in [0.1, 0.15) is 11.1 Å². The van der Waals surface area contributed by atoms with Crippen LogP contribution >= 0.6 is 12.2 Å². The molecule has 0 aliphatic rings. The molecule has 0 unspecified atom stereocenters. The topological polar surface area (TPSA) is 47.8 Å². The van der Waals surface area contributed by atoms with E-state index in [1.807, 2.05) is 6.92 Å². The molecule has 3 nitrogen and oxygen atoms in total. The fourth-order valence-corrected chi connectivity index (χ4v) is 1.91. The summed E-state index contributed by atoms with van der Waals surface area (Å²) in [5, 5.41) is 15.1. The molecule has 0 bridgehead atoms. The highest BCUT2D eigenvalue weighted by Crippen LogP contribution is 2.17. The fourth-order valence-electron chi connectivity index (χ4n) is 1.68. The number of nitriles is 1. The highest BCUT2D eigenvalue weighted by atomic mass is 32.1. The normalized spacial score (nSPS) is 9.65. The van der Waals surface area contributed by atoms with Gasteiger partial charge in [-0.15, -0.1) is 0 Å². The van der Waals surface area contributed by atoms with Gasteiger partial charge in [-0.2, -0.15) is 5.26 Å². The second kappa shape index (κ2) is 6.13. The van der Waals surface area contributed by atoms with Crippen LogP contribution in [0.15, 0.2) is 42.5 Å². The maximum atomic E-state index is 13.2. The first-order valence-corrected chi connectivity index (χ1v) is 6.33. The Labute approximate surface area is 122 Å². The number of benzene rings is 2. The minimum atomic E-state index is -0.327. The van der Waals surface area contributed by atoms with Gasteiger partial charge in [-0.1, -0.05) is 12.1 Å². The zero-order chi connectivity index (χ0) is 14.5. The summed E-state index contributed by atoms with van der Waals surface area (Å²) in [5.41, 5.74) is 2.75. The minimum absolute atomic E-state index is 0.327. The maximum Gasteiger partial charge on any atom is 0.175 e. The van der Waals surface area contributed by atoms with Crippen molar-refractivity contribution in [2.24, 2.45) is 0 Å². The Morgan fingerprint density at radius 2 is 2.00 bits per heavy atom. The lowest BCUT2D eigenvalue weighted by Gasteiger charge is -2.12. The SMILES string of the molecule is Cc1ccc(F)cc1NC(=S)Nc1cccc(C#N)c1. The zero-order valence-electron chi connectivity index (χ0n) is 10.8. The molecule has 0 aromatic heterocycles. The highest BCUT2D eigenvalue weighted by molar-refractivity contribution is 7.80. The second-order valence-corrected chi connectivity index (χ2v) is 4.64. The molecule has 0 aliphatic heterocycles. The van der Waals surface area contributed by atoms with E-state index in [9.17, 15) is 4.39 Å². The van der Waals surface area contributed by atoms with Gasteiger partial charge < -0.3 is 10.6 Å². The van der Waals surface area contributed by atoms with E-state index in [1.165, 1.54) is 12.1 Å². The van der Waals surface area contributed by atoms with Crippen LogP contribution in [0.4, 0.5) is 15.8 Å². The molecule has 0 saturated heterocycles. The van der Waals surface area contributed by atoms with Gasteiger partial charge in [0, 0.05) is 11.4 Å². The molecule has 5 heteroatoms. The van der Waals surface area contributed by atoms with Crippen LogP contribution in [0, 0.1) is 24.1 Å². The lowest BCUT2D eigenvalue weighted by molar-refractivity contribution is 0.628. The molecule has 0 aliphatic carbocycles. The van der Waals surface area contributed by atoms with Gasteiger partial charge in [-0.25, -0.2) is 4.39 Å². The van der Waals surface area contributed by atoms with Crippen LogP contribution in [0.3, 0.4) is 0 Å². The molecular weight excluding hydrogens is 273 g/mol. The number of anilines is 2. The van der Waals surface area contributed by atoms with Crippen LogP contribution in [0.2, 0.25) is 0 Å². The lowest BCUT2D eigenvalue weighted by atomic mass is 10.2. The molecule has 0 saturated carbocycles. The average molecular weight is 285 g/mol. The van der Waals surface area contributed by atoms with Gasteiger partial charge in [0.05, 0.1) is 11.6 Å². The standard InChI is InChI=1S/C15H12FN3S/c1-10-5-6-12(16)8-14(10)19-15(20)18-13-4-2-3-11(7-13)9-17/h2-8H,1H3,(H2,18,19,20). The smallest absolute Gasteiger partial charge is 0.175 e. The largest absolute Gasteiger partial charge is 0.332 e. The third kappa shape index (κ3) is 3.53. The first-order valence-electron chi connectivity index (χ1n) is 5.93. The average Bonchev–Trinajstić information content (AvgIpc) is 2.43. The number of aryl methyl sites for hydroxylation is 1. The Bertz CT molecular complexity index is 692. The summed E-state index contributed by atoms with van der Waals surface area (Å²) in [6.07, 6.45) is 0. The van der Waals surface area contributed by atoms with Gasteiger partial charge in [-0.3, -0.25) is 0 Å². The van der Waals surface area contributed by atoms with E-state index in [0.717, 1.165) is 5.56 Å². The van der Waals surface area contributed by atoms with Crippen LogP contribution in [-0.4, -0.2) is 5.11 Å². The van der Waals surface area contributed by atoms with E-state index in [0.29, 0.717) is 22.1 Å². The number of rotatable bonds is 2. The summed E-state index contributed by atoms with van der Waals surface area (Å²) >= 11 is 5.17. The van der Waals surface area contributed by atoms with Crippen molar-refractivity contribution in [1.82, 2.24) is 0 Å². The van der Waals surface area contributed by atoms with Crippen LogP contribution in [0.25, 0.3) is 0 Å². The van der Waals surface area contributed by atoms with E-state index in [1.54, 1.807) is 30.3 Å². The van der Waals surface area contributed by atoms with E-state index in [2.05, 4.69) is 16.7 Å². The van der Waals surface area contributed by atoms with Crippen LogP contribution in [0.5, 0.6) is 0 Å². The van der Waals surface area contributed by atoms with Crippen LogP contribution < -0.4 is 10.6 Å². The van der Waals surface area contributed by atoms with E-state index in [-0.39, 0.29) is 5.82 Å². The molecule has 2 rings (SSSR count). The molecule has 100 valence electrons. The van der Waals surface area contributed by atoms with Gasteiger partial charge in [0.1, 0.15) is 5.82 Å².